The average Bonchev–Trinajstić information content (AvgIpc) is 2.27. The summed E-state index contributed by atoms with van der Waals surface area (Å²) in [4.78, 5) is 29.0. The molecule has 6 heteroatoms. The highest BCUT2D eigenvalue weighted by Gasteiger charge is 2.10. The molecule has 1 atom stereocenters. The molecule has 3 N–H and O–H groups in total. The minimum absolute atomic E-state index is 0.136. The summed E-state index contributed by atoms with van der Waals surface area (Å²) in [5.74, 6) is 0.0105. The van der Waals surface area contributed by atoms with Gasteiger partial charge in [0.15, 0.2) is 0 Å². The van der Waals surface area contributed by atoms with Crippen molar-refractivity contribution in [2.24, 2.45) is 5.92 Å². The van der Waals surface area contributed by atoms with E-state index in [1.54, 1.807) is 6.92 Å². The zero-order chi connectivity index (χ0) is 13.7. The fourth-order valence-corrected chi connectivity index (χ4v) is 1.38. The summed E-state index contributed by atoms with van der Waals surface area (Å²) in [6.45, 7) is 6.00. The first-order valence-corrected chi connectivity index (χ1v) is 5.98. The van der Waals surface area contributed by atoms with E-state index in [1.807, 2.05) is 13.8 Å². The van der Waals surface area contributed by atoms with Crippen LogP contribution in [0, 0.1) is 5.92 Å². The molecule has 0 aromatic carbocycles. The SMILES string of the molecule is CC(CCNc1cc(=O)[nH]c(C(C)C)n1)C(=O)O. The van der Waals surface area contributed by atoms with Gasteiger partial charge in [-0.2, -0.15) is 0 Å². The minimum atomic E-state index is -0.821. The number of rotatable bonds is 6. The van der Waals surface area contributed by atoms with E-state index in [9.17, 15) is 9.59 Å². The third-order valence-electron chi connectivity index (χ3n) is 2.61. The summed E-state index contributed by atoms with van der Waals surface area (Å²) in [6.07, 6.45) is 0.487. The number of aromatic nitrogens is 2. The lowest BCUT2D eigenvalue weighted by atomic mass is 10.1. The van der Waals surface area contributed by atoms with Crippen molar-refractivity contribution >= 4 is 11.8 Å². The van der Waals surface area contributed by atoms with Crippen LogP contribution >= 0.6 is 0 Å². The summed E-state index contributed by atoms with van der Waals surface area (Å²) < 4.78 is 0. The summed E-state index contributed by atoms with van der Waals surface area (Å²) >= 11 is 0. The third kappa shape index (κ3) is 4.20. The van der Waals surface area contributed by atoms with Gasteiger partial charge in [-0.1, -0.05) is 20.8 Å². The predicted molar refractivity (Wildman–Crippen MR) is 68.9 cm³/mol. The van der Waals surface area contributed by atoms with Crippen LogP contribution < -0.4 is 10.9 Å². The van der Waals surface area contributed by atoms with E-state index in [0.29, 0.717) is 24.6 Å². The number of carboxylic acids is 1. The zero-order valence-electron chi connectivity index (χ0n) is 10.9. The fraction of sp³-hybridized carbons (Fsp3) is 0.583. The first-order chi connectivity index (χ1) is 8.40. The molecule has 0 fully saturated rings. The van der Waals surface area contributed by atoms with Crippen LogP contribution in [0.4, 0.5) is 5.82 Å². The zero-order valence-corrected chi connectivity index (χ0v) is 10.9. The number of carboxylic acid groups (broad SMARTS) is 1. The standard InChI is InChI=1S/C12H19N3O3/c1-7(2)11-14-9(6-10(16)15-11)13-5-4-8(3)12(17)18/h6-8H,4-5H2,1-3H3,(H,17,18)(H2,13,14,15,16). The Bertz CT molecular complexity index is 468. The molecule has 0 aliphatic heterocycles. The van der Waals surface area contributed by atoms with Gasteiger partial charge in [-0.05, 0) is 6.42 Å². The van der Waals surface area contributed by atoms with Gasteiger partial charge >= 0.3 is 5.97 Å². The summed E-state index contributed by atoms with van der Waals surface area (Å²) in [5, 5.41) is 11.7. The second-order valence-electron chi connectivity index (χ2n) is 4.63. The quantitative estimate of drug-likeness (QED) is 0.712. The van der Waals surface area contributed by atoms with E-state index < -0.39 is 11.9 Å². The highest BCUT2D eigenvalue weighted by Crippen LogP contribution is 2.09. The largest absolute Gasteiger partial charge is 0.481 e. The van der Waals surface area contributed by atoms with Crippen LogP contribution in [0.2, 0.25) is 0 Å². The Morgan fingerprint density at radius 1 is 1.50 bits per heavy atom. The normalized spacial score (nSPS) is 12.4. The van der Waals surface area contributed by atoms with Crippen molar-refractivity contribution in [3.05, 3.63) is 22.2 Å². The van der Waals surface area contributed by atoms with Crippen molar-refractivity contribution in [1.82, 2.24) is 9.97 Å². The van der Waals surface area contributed by atoms with Crippen molar-refractivity contribution in [2.45, 2.75) is 33.1 Å². The number of aromatic amines is 1. The van der Waals surface area contributed by atoms with Crippen molar-refractivity contribution in [3.8, 4) is 0 Å². The first kappa shape index (κ1) is 14.2. The molecule has 100 valence electrons. The summed E-state index contributed by atoms with van der Waals surface area (Å²) in [7, 11) is 0. The number of aliphatic carboxylic acids is 1. The first-order valence-electron chi connectivity index (χ1n) is 5.98. The number of hydrogen-bond donors (Lipinski definition) is 3. The number of nitrogens with one attached hydrogen (secondary N) is 2. The van der Waals surface area contributed by atoms with Crippen LogP contribution in [0.15, 0.2) is 10.9 Å². The van der Waals surface area contributed by atoms with E-state index >= 15 is 0 Å². The maximum absolute atomic E-state index is 11.4. The molecule has 0 saturated carbocycles. The summed E-state index contributed by atoms with van der Waals surface area (Å²) in [6, 6.07) is 1.37. The van der Waals surface area contributed by atoms with Gasteiger partial charge in [0, 0.05) is 18.5 Å². The molecule has 6 nitrogen and oxygen atoms in total. The highest BCUT2D eigenvalue weighted by atomic mass is 16.4. The average molecular weight is 253 g/mol. The van der Waals surface area contributed by atoms with Crippen LogP contribution in [-0.4, -0.2) is 27.6 Å². The monoisotopic (exact) mass is 253 g/mol. The van der Waals surface area contributed by atoms with E-state index in [0.717, 1.165) is 0 Å². The van der Waals surface area contributed by atoms with Crippen LogP contribution in [0.25, 0.3) is 0 Å². The molecular formula is C12H19N3O3. The molecule has 0 aliphatic rings. The number of nitrogens with zero attached hydrogens (tertiary/aromatic N) is 1. The van der Waals surface area contributed by atoms with Gasteiger partial charge < -0.3 is 15.4 Å². The number of carbonyl (C=O) groups is 1. The Labute approximate surface area is 105 Å². The van der Waals surface area contributed by atoms with Gasteiger partial charge in [-0.25, -0.2) is 4.98 Å². The van der Waals surface area contributed by atoms with Gasteiger partial charge in [0.1, 0.15) is 11.6 Å². The topological polar surface area (TPSA) is 95.1 Å². The maximum Gasteiger partial charge on any atom is 0.306 e. The van der Waals surface area contributed by atoms with Gasteiger partial charge in [-0.15, -0.1) is 0 Å². The number of hydrogen-bond acceptors (Lipinski definition) is 4. The van der Waals surface area contributed by atoms with Crippen LogP contribution in [0.1, 0.15) is 38.9 Å². The van der Waals surface area contributed by atoms with Gasteiger partial charge in [0.05, 0.1) is 5.92 Å². The Morgan fingerprint density at radius 2 is 2.17 bits per heavy atom. The molecule has 0 saturated heterocycles. The van der Waals surface area contributed by atoms with Crippen molar-refractivity contribution in [2.75, 3.05) is 11.9 Å². The van der Waals surface area contributed by atoms with Gasteiger partial charge in [0.25, 0.3) is 5.56 Å². The lowest BCUT2D eigenvalue weighted by Gasteiger charge is -2.10. The van der Waals surface area contributed by atoms with Crippen molar-refractivity contribution < 1.29 is 9.90 Å². The molecule has 1 aromatic heterocycles. The second kappa shape index (κ2) is 6.18. The minimum Gasteiger partial charge on any atom is -0.481 e. The molecule has 1 rings (SSSR count). The molecule has 0 amide bonds. The summed E-state index contributed by atoms with van der Waals surface area (Å²) in [5.41, 5.74) is -0.206. The van der Waals surface area contributed by atoms with Crippen molar-refractivity contribution in [3.63, 3.8) is 0 Å². The third-order valence-corrected chi connectivity index (χ3v) is 2.61. The molecule has 0 radical (unpaired) electrons. The Hall–Kier alpha value is -1.85. The molecule has 0 aliphatic carbocycles. The number of anilines is 1. The number of H-pyrrole nitrogens is 1. The highest BCUT2D eigenvalue weighted by molar-refractivity contribution is 5.69. The molecule has 1 heterocycles. The van der Waals surface area contributed by atoms with Crippen LogP contribution in [-0.2, 0) is 4.79 Å². The molecule has 1 aromatic rings. The molecule has 0 spiro atoms. The molecule has 0 bridgehead atoms. The van der Waals surface area contributed by atoms with Gasteiger partial charge in [-0.3, -0.25) is 9.59 Å². The fourth-order valence-electron chi connectivity index (χ4n) is 1.38. The molecule has 1 unspecified atom stereocenters. The lowest BCUT2D eigenvalue weighted by molar-refractivity contribution is -0.141. The smallest absolute Gasteiger partial charge is 0.306 e. The van der Waals surface area contributed by atoms with Crippen LogP contribution in [0.3, 0.4) is 0 Å². The van der Waals surface area contributed by atoms with Gasteiger partial charge in [0.2, 0.25) is 0 Å². The lowest BCUT2D eigenvalue weighted by Crippen LogP contribution is -2.18. The maximum atomic E-state index is 11.4. The Kier molecular flexibility index (Phi) is 4.88. The van der Waals surface area contributed by atoms with Crippen LogP contribution in [0.5, 0.6) is 0 Å². The van der Waals surface area contributed by atoms with E-state index in [-0.39, 0.29) is 11.5 Å². The Morgan fingerprint density at radius 3 is 2.72 bits per heavy atom. The second-order valence-corrected chi connectivity index (χ2v) is 4.63. The Balaban J connectivity index is 2.62. The van der Waals surface area contributed by atoms with E-state index in [1.165, 1.54) is 6.07 Å². The molecule has 18 heavy (non-hydrogen) atoms. The van der Waals surface area contributed by atoms with Crippen molar-refractivity contribution in [1.29, 1.82) is 0 Å². The van der Waals surface area contributed by atoms with E-state index in [4.69, 9.17) is 5.11 Å². The van der Waals surface area contributed by atoms with E-state index in [2.05, 4.69) is 15.3 Å². The predicted octanol–water partition coefficient (Wildman–Crippen LogP) is 1.42. The molecular weight excluding hydrogens is 234 g/mol.